The molecule has 18 heavy (non-hydrogen) atoms. The number of nitrogens with zero attached hydrogens (tertiary/aromatic N) is 1. The monoisotopic (exact) mass is 252 g/mol. The van der Waals surface area contributed by atoms with Gasteiger partial charge in [-0.2, -0.15) is 0 Å². The maximum atomic E-state index is 12.1. The Balaban J connectivity index is 2.77. The molecule has 0 saturated carbocycles. The van der Waals surface area contributed by atoms with Gasteiger partial charge in [-0.3, -0.25) is 4.79 Å². The van der Waals surface area contributed by atoms with Crippen LogP contribution in [0.5, 0.6) is 5.75 Å². The average molecular weight is 252 g/mol. The molecule has 3 N–H and O–H groups in total. The SMILES string of the molecule is COCC(N)CN(C)C(=O)c1cccc(C)c1O. The summed E-state index contributed by atoms with van der Waals surface area (Å²) in [5.74, 6) is -0.225. The van der Waals surface area contributed by atoms with Crippen LogP contribution in [0.2, 0.25) is 0 Å². The third kappa shape index (κ3) is 3.45. The van der Waals surface area contributed by atoms with Crippen LogP contribution in [0.1, 0.15) is 15.9 Å². The number of phenols is 1. The number of rotatable bonds is 5. The largest absolute Gasteiger partial charge is 0.507 e. The lowest BCUT2D eigenvalue weighted by Gasteiger charge is -2.21. The number of ether oxygens (including phenoxy) is 1. The lowest BCUT2D eigenvalue weighted by atomic mass is 10.1. The molecule has 1 aromatic rings. The predicted octanol–water partition coefficient (Wildman–Crippen LogP) is 0.746. The topological polar surface area (TPSA) is 75.8 Å². The number of hydrogen-bond donors (Lipinski definition) is 2. The number of aromatic hydroxyl groups is 1. The summed E-state index contributed by atoms with van der Waals surface area (Å²) in [5, 5.41) is 9.85. The second-order valence-corrected chi connectivity index (χ2v) is 4.37. The van der Waals surface area contributed by atoms with E-state index in [0.29, 0.717) is 24.3 Å². The molecule has 0 saturated heterocycles. The first-order chi connectivity index (χ1) is 8.47. The Morgan fingerprint density at radius 1 is 1.56 bits per heavy atom. The van der Waals surface area contributed by atoms with Crippen molar-refractivity contribution in [3.63, 3.8) is 0 Å². The van der Waals surface area contributed by atoms with Gasteiger partial charge in [0, 0.05) is 26.7 Å². The van der Waals surface area contributed by atoms with Crippen molar-refractivity contribution in [2.24, 2.45) is 5.73 Å². The molecular formula is C13H20N2O3. The Bertz CT molecular complexity index is 421. The Morgan fingerprint density at radius 2 is 2.22 bits per heavy atom. The van der Waals surface area contributed by atoms with Gasteiger partial charge in [-0.25, -0.2) is 0 Å². The van der Waals surface area contributed by atoms with E-state index < -0.39 is 0 Å². The summed E-state index contributed by atoms with van der Waals surface area (Å²) in [7, 11) is 3.22. The highest BCUT2D eigenvalue weighted by atomic mass is 16.5. The number of hydrogen-bond acceptors (Lipinski definition) is 4. The third-order valence-electron chi connectivity index (χ3n) is 2.70. The maximum absolute atomic E-state index is 12.1. The van der Waals surface area contributed by atoms with Crippen molar-refractivity contribution in [1.29, 1.82) is 0 Å². The maximum Gasteiger partial charge on any atom is 0.257 e. The molecule has 0 radical (unpaired) electrons. The van der Waals surface area contributed by atoms with E-state index in [1.54, 1.807) is 39.3 Å². The predicted molar refractivity (Wildman–Crippen MR) is 69.7 cm³/mol. The fourth-order valence-corrected chi connectivity index (χ4v) is 1.74. The zero-order valence-corrected chi connectivity index (χ0v) is 11.0. The van der Waals surface area contributed by atoms with Crippen LogP contribution < -0.4 is 5.73 Å². The first kappa shape index (κ1) is 14.5. The van der Waals surface area contributed by atoms with Crippen molar-refractivity contribution >= 4 is 5.91 Å². The lowest BCUT2D eigenvalue weighted by Crippen LogP contribution is -2.41. The zero-order valence-electron chi connectivity index (χ0n) is 11.0. The minimum Gasteiger partial charge on any atom is -0.507 e. The number of amides is 1. The molecule has 0 aliphatic carbocycles. The van der Waals surface area contributed by atoms with Crippen LogP contribution >= 0.6 is 0 Å². The highest BCUT2D eigenvalue weighted by molar-refractivity contribution is 5.97. The van der Waals surface area contributed by atoms with Crippen molar-refractivity contribution in [1.82, 2.24) is 4.90 Å². The third-order valence-corrected chi connectivity index (χ3v) is 2.70. The molecule has 5 heteroatoms. The second-order valence-electron chi connectivity index (χ2n) is 4.37. The van der Waals surface area contributed by atoms with E-state index in [4.69, 9.17) is 10.5 Å². The molecule has 0 fully saturated rings. The van der Waals surface area contributed by atoms with Gasteiger partial charge in [-0.05, 0) is 18.6 Å². The summed E-state index contributed by atoms with van der Waals surface area (Å²) in [6.45, 7) is 2.51. The molecule has 0 bridgehead atoms. The van der Waals surface area contributed by atoms with E-state index in [9.17, 15) is 9.90 Å². The van der Waals surface area contributed by atoms with Crippen LogP contribution in [-0.2, 0) is 4.74 Å². The number of nitrogens with two attached hydrogens (primary N) is 1. The Kier molecular flexibility index (Phi) is 5.12. The molecule has 0 aromatic heterocycles. The molecule has 0 aliphatic heterocycles. The summed E-state index contributed by atoms with van der Waals surface area (Å²) in [6, 6.07) is 4.85. The Labute approximate surface area is 107 Å². The first-order valence-electron chi connectivity index (χ1n) is 5.76. The number of aryl methyl sites for hydroxylation is 1. The molecule has 1 rings (SSSR count). The Morgan fingerprint density at radius 3 is 2.83 bits per heavy atom. The van der Waals surface area contributed by atoms with Crippen LogP contribution in [0.3, 0.4) is 0 Å². The minimum absolute atomic E-state index is 0.0228. The Hall–Kier alpha value is -1.59. The van der Waals surface area contributed by atoms with E-state index in [-0.39, 0.29) is 17.7 Å². The summed E-state index contributed by atoms with van der Waals surface area (Å²) in [5.41, 5.74) is 6.76. The van der Waals surface area contributed by atoms with E-state index in [0.717, 1.165) is 0 Å². The number of benzene rings is 1. The molecule has 1 atom stereocenters. The van der Waals surface area contributed by atoms with Crippen molar-refractivity contribution in [3.8, 4) is 5.75 Å². The van der Waals surface area contributed by atoms with Crippen LogP contribution in [0.15, 0.2) is 18.2 Å². The van der Waals surface area contributed by atoms with Gasteiger partial charge in [-0.1, -0.05) is 12.1 Å². The fraction of sp³-hybridized carbons (Fsp3) is 0.462. The summed E-state index contributed by atoms with van der Waals surface area (Å²) in [6.07, 6.45) is 0. The molecule has 0 aliphatic rings. The summed E-state index contributed by atoms with van der Waals surface area (Å²) < 4.78 is 4.92. The highest BCUT2D eigenvalue weighted by Gasteiger charge is 2.18. The van der Waals surface area contributed by atoms with Crippen LogP contribution in [0.25, 0.3) is 0 Å². The summed E-state index contributed by atoms with van der Waals surface area (Å²) >= 11 is 0. The standard InChI is InChI=1S/C13H20N2O3/c1-9-5-4-6-11(12(9)16)13(17)15(2)7-10(14)8-18-3/h4-6,10,16H,7-8,14H2,1-3H3. The molecule has 5 nitrogen and oxygen atoms in total. The van der Waals surface area contributed by atoms with E-state index in [1.807, 2.05) is 0 Å². The smallest absolute Gasteiger partial charge is 0.257 e. The van der Waals surface area contributed by atoms with Gasteiger partial charge in [0.1, 0.15) is 5.75 Å². The van der Waals surface area contributed by atoms with Gasteiger partial charge in [0.2, 0.25) is 0 Å². The van der Waals surface area contributed by atoms with Crippen molar-refractivity contribution in [2.75, 3.05) is 27.3 Å². The van der Waals surface area contributed by atoms with Crippen LogP contribution in [0.4, 0.5) is 0 Å². The number of phenolic OH excluding ortho intramolecular Hbond substituents is 1. The van der Waals surface area contributed by atoms with Crippen molar-refractivity contribution in [3.05, 3.63) is 29.3 Å². The van der Waals surface area contributed by atoms with Gasteiger partial charge in [0.15, 0.2) is 0 Å². The van der Waals surface area contributed by atoms with E-state index >= 15 is 0 Å². The normalized spacial score (nSPS) is 12.2. The first-order valence-corrected chi connectivity index (χ1v) is 5.76. The quantitative estimate of drug-likeness (QED) is 0.810. The van der Waals surface area contributed by atoms with Gasteiger partial charge in [0.25, 0.3) is 5.91 Å². The summed E-state index contributed by atoms with van der Waals surface area (Å²) in [4.78, 5) is 13.6. The number of likely N-dealkylation sites (N-methyl/N-ethyl adjacent to an activating group) is 1. The molecule has 1 amide bonds. The molecule has 0 spiro atoms. The second kappa shape index (κ2) is 6.37. The van der Waals surface area contributed by atoms with Gasteiger partial charge < -0.3 is 20.5 Å². The average Bonchev–Trinajstić information content (AvgIpc) is 2.32. The number of methoxy groups -OCH3 is 1. The molecule has 1 unspecified atom stereocenters. The molecule has 100 valence electrons. The number of carbonyl (C=O) groups excluding carboxylic acids is 1. The number of carbonyl (C=O) groups is 1. The van der Waals surface area contributed by atoms with Crippen LogP contribution in [0, 0.1) is 6.92 Å². The van der Waals surface area contributed by atoms with Gasteiger partial charge in [0.05, 0.1) is 12.2 Å². The fourth-order valence-electron chi connectivity index (χ4n) is 1.74. The van der Waals surface area contributed by atoms with Gasteiger partial charge in [-0.15, -0.1) is 0 Å². The highest BCUT2D eigenvalue weighted by Crippen LogP contribution is 2.22. The van der Waals surface area contributed by atoms with E-state index in [2.05, 4.69) is 0 Å². The molecule has 0 heterocycles. The van der Waals surface area contributed by atoms with E-state index in [1.165, 1.54) is 4.90 Å². The molecular weight excluding hydrogens is 232 g/mol. The van der Waals surface area contributed by atoms with Crippen molar-refractivity contribution in [2.45, 2.75) is 13.0 Å². The van der Waals surface area contributed by atoms with Crippen molar-refractivity contribution < 1.29 is 14.6 Å². The van der Waals surface area contributed by atoms with Crippen LogP contribution in [-0.4, -0.2) is 49.3 Å². The van der Waals surface area contributed by atoms with Gasteiger partial charge >= 0.3 is 0 Å². The molecule has 1 aromatic carbocycles. The lowest BCUT2D eigenvalue weighted by molar-refractivity contribution is 0.0761. The zero-order chi connectivity index (χ0) is 13.7. The minimum atomic E-state index is -0.247. The number of para-hydroxylation sites is 1.